The Morgan fingerprint density at radius 1 is 0.310 bits per heavy atom. The van der Waals surface area contributed by atoms with Crippen LogP contribution in [-0.4, -0.2) is 107 Å². The van der Waals surface area contributed by atoms with E-state index < -0.39 is 52.3 Å². The number of anilines is 4. The van der Waals surface area contributed by atoms with E-state index in [9.17, 15) is 43.9 Å². The molecular formula is C62H64N8O10S4. The number of hydrogen-bond acceptors (Lipinski definition) is 14. The molecule has 0 aliphatic carbocycles. The average molecular weight is 1210 g/mol. The van der Waals surface area contributed by atoms with Crippen molar-refractivity contribution in [3.63, 3.8) is 0 Å². The molecule has 0 heterocycles. The third-order valence-electron chi connectivity index (χ3n) is 12.3. The molecule has 0 fully saturated rings. The van der Waals surface area contributed by atoms with E-state index in [0.717, 1.165) is 22.3 Å². The third-order valence-corrected chi connectivity index (χ3v) is 17.9. The van der Waals surface area contributed by atoms with Crippen LogP contribution in [0.1, 0.15) is 44.5 Å². The van der Waals surface area contributed by atoms with Crippen molar-refractivity contribution in [1.29, 1.82) is 0 Å². The molecule has 8 aromatic rings. The highest BCUT2D eigenvalue weighted by molar-refractivity contribution is 7.93. The lowest BCUT2D eigenvalue weighted by Gasteiger charge is -2.11. The Labute approximate surface area is 491 Å². The summed E-state index contributed by atoms with van der Waals surface area (Å²) < 4.78 is 113. The molecule has 22 heteroatoms. The standard InChI is InChI=1S/2C31H32N4O5S2/c2*1-23-11-15-28(16-12-23)41(37,38)34-30-9-5-3-7-25(30)19-32-21-27(36)22-33-20-26-8-4-6-10-31(26)35-42(39,40)29-17-13-24(2)14-18-29/h2*3-20,27,34-36H,21-22H2,1-2H3. The van der Waals surface area contributed by atoms with Gasteiger partial charge < -0.3 is 10.2 Å². The number of aliphatic imine (C=N–C) groups is 4. The second kappa shape index (κ2) is 29.1. The summed E-state index contributed by atoms with van der Waals surface area (Å²) in [4.78, 5) is 17.7. The van der Waals surface area contributed by atoms with E-state index in [4.69, 9.17) is 0 Å². The molecule has 0 spiro atoms. The van der Waals surface area contributed by atoms with Gasteiger partial charge in [-0.2, -0.15) is 0 Å². The minimum Gasteiger partial charge on any atom is -0.389 e. The van der Waals surface area contributed by atoms with Gasteiger partial charge in [0, 0.05) is 47.1 Å². The van der Waals surface area contributed by atoms with Crippen LogP contribution < -0.4 is 18.9 Å². The van der Waals surface area contributed by atoms with Crippen molar-refractivity contribution in [2.24, 2.45) is 20.0 Å². The predicted octanol–water partition coefficient (Wildman–Crippen LogP) is 9.61. The number of nitrogens with one attached hydrogen (secondary N) is 4. The van der Waals surface area contributed by atoms with Gasteiger partial charge in [-0.1, -0.05) is 144 Å². The molecule has 0 saturated carbocycles. The molecule has 0 radical (unpaired) electrons. The minimum absolute atomic E-state index is 0.0259. The lowest BCUT2D eigenvalue weighted by Crippen LogP contribution is -2.16. The number of aryl methyl sites for hydroxylation is 4. The monoisotopic (exact) mass is 1210 g/mol. The third kappa shape index (κ3) is 18.7. The van der Waals surface area contributed by atoms with Gasteiger partial charge in [-0.3, -0.25) is 38.9 Å². The first-order valence-electron chi connectivity index (χ1n) is 26.2. The van der Waals surface area contributed by atoms with Crippen LogP contribution in [0.15, 0.2) is 234 Å². The van der Waals surface area contributed by atoms with Gasteiger partial charge in [-0.25, -0.2) is 33.7 Å². The first kappa shape index (κ1) is 63.0. The highest BCUT2D eigenvalue weighted by Crippen LogP contribution is 2.24. The maximum Gasteiger partial charge on any atom is 0.261 e. The molecule has 0 aliphatic heterocycles. The molecule has 0 aromatic heterocycles. The number of sulfonamides is 4. The highest BCUT2D eigenvalue weighted by Gasteiger charge is 2.19. The Morgan fingerprint density at radius 2 is 0.488 bits per heavy atom. The van der Waals surface area contributed by atoms with Crippen molar-refractivity contribution in [1.82, 2.24) is 0 Å². The zero-order valence-corrected chi connectivity index (χ0v) is 49.6. The van der Waals surface area contributed by atoms with E-state index >= 15 is 0 Å². The molecular weight excluding hydrogens is 1140 g/mol. The van der Waals surface area contributed by atoms with Gasteiger partial charge in [-0.05, 0) is 100 Å². The fourth-order valence-electron chi connectivity index (χ4n) is 7.70. The summed E-state index contributed by atoms with van der Waals surface area (Å²) in [6, 6.07) is 53.5. The zero-order chi connectivity index (χ0) is 60.3. The summed E-state index contributed by atoms with van der Waals surface area (Å²) in [6.45, 7) is 7.63. The van der Waals surface area contributed by atoms with E-state index in [0.29, 0.717) is 45.0 Å². The van der Waals surface area contributed by atoms with Gasteiger partial charge in [0.2, 0.25) is 0 Å². The van der Waals surface area contributed by atoms with E-state index in [-0.39, 0.29) is 45.8 Å². The summed E-state index contributed by atoms with van der Waals surface area (Å²) in [7, 11) is -15.2. The van der Waals surface area contributed by atoms with Crippen LogP contribution in [0.5, 0.6) is 0 Å². The van der Waals surface area contributed by atoms with Crippen LogP contribution in [0.25, 0.3) is 0 Å². The summed E-state index contributed by atoms with van der Waals surface area (Å²) in [6.07, 6.45) is 4.16. The molecule has 8 aromatic carbocycles. The topological polar surface area (TPSA) is 275 Å². The molecule has 0 saturated heterocycles. The maximum absolute atomic E-state index is 12.8. The van der Waals surface area contributed by atoms with E-state index in [1.54, 1.807) is 194 Å². The highest BCUT2D eigenvalue weighted by atomic mass is 32.2. The molecule has 436 valence electrons. The van der Waals surface area contributed by atoms with Gasteiger partial charge in [0.15, 0.2) is 0 Å². The van der Waals surface area contributed by atoms with Crippen LogP contribution >= 0.6 is 0 Å². The van der Waals surface area contributed by atoms with Crippen molar-refractivity contribution in [2.75, 3.05) is 45.1 Å². The zero-order valence-electron chi connectivity index (χ0n) is 46.3. The van der Waals surface area contributed by atoms with Crippen LogP contribution in [0.4, 0.5) is 22.7 Å². The van der Waals surface area contributed by atoms with Gasteiger partial charge in [-0.15, -0.1) is 0 Å². The Bertz CT molecular complexity index is 3570. The Kier molecular flexibility index (Phi) is 21.8. The summed E-state index contributed by atoms with van der Waals surface area (Å²) in [5, 5.41) is 20.8. The predicted molar refractivity (Wildman–Crippen MR) is 336 cm³/mol. The van der Waals surface area contributed by atoms with E-state index in [1.165, 1.54) is 24.9 Å². The molecule has 18 nitrogen and oxygen atoms in total. The molecule has 0 bridgehead atoms. The van der Waals surface area contributed by atoms with E-state index in [2.05, 4.69) is 38.9 Å². The number of benzene rings is 8. The lowest BCUT2D eigenvalue weighted by molar-refractivity contribution is 0.192. The number of rotatable bonds is 24. The van der Waals surface area contributed by atoms with Gasteiger partial charge in [0.1, 0.15) is 0 Å². The van der Waals surface area contributed by atoms with Crippen LogP contribution in [0, 0.1) is 27.7 Å². The minimum atomic E-state index is -3.79. The van der Waals surface area contributed by atoms with E-state index in [1.807, 2.05) is 27.7 Å². The first-order chi connectivity index (χ1) is 40.1. The number of nitrogens with zero attached hydrogens (tertiary/aromatic N) is 4. The fourth-order valence-corrected chi connectivity index (χ4v) is 12.1. The lowest BCUT2D eigenvalue weighted by atomic mass is 10.2. The van der Waals surface area contributed by atoms with Gasteiger partial charge in [0.05, 0.1) is 80.7 Å². The average Bonchev–Trinajstić information content (AvgIpc) is 3.65. The summed E-state index contributed by atoms with van der Waals surface area (Å²) >= 11 is 0. The van der Waals surface area contributed by atoms with Crippen LogP contribution in [-0.2, 0) is 40.1 Å². The van der Waals surface area contributed by atoms with Crippen molar-refractivity contribution >= 4 is 87.7 Å². The smallest absolute Gasteiger partial charge is 0.261 e. The maximum atomic E-state index is 12.8. The number of aliphatic hydroxyl groups is 2. The molecule has 0 atom stereocenters. The molecule has 0 aliphatic rings. The van der Waals surface area contributed by atoms with Crippen LogP contribution in [0.2, 0.25) is 0 Å². The quantitative estimate of drug-likeness (QED) is 0.0312. The fraction of sp³-hybridized carbons (Fsp3) is 0.161. The van der Waals surface area contributed by atoms with Crippen molar-refractivity contribution in [2.45, 2.75) is 59.5 Å². The van der Waals surface area contributed by atoms with Crippen molar-refractivity contribution in [3.8, 4) is 0 Å². The number of hydrogen-bond donors (Lipinski definition) is 6. The summed E-state index contributed by atoms with van der Waals surface area (Å²) in [5.74, 6) is 0. The molecule has 0 unspecified atom stereocenters. The first-order valence-corrected chi connectivity index (χ1v) is 32.1. The Morgan fingerprint density at radius 3 is 0.679 bits per heavy atom. The van der Waals surface area contributed by atoms with Gasteiger partial charge in [0.25, 0.3) is 40.1 Å². The second-order valence-electron chi connectivity index (χ2n) is 19.3. The largest absolute Gasteiger partial charge is 0.389 e. The molecule has 84 heavy (non-hydrogen) atoms. The van der Waals surface area contributed by atoms with Crippen molar-refractivity contribution in [3.05, 3.63) is 239 Å². The summed E-state index contributed by atoms with van der Waals surface area (Å²) in [5.41, 5.74) is 7.42. The molecule has 0 amide bonds. The molecule has 6 N–H and O–H groups in total. The second-order valence-corrected chi connectivity index (χ2v) is 26.0. The Hall–Kier alpha value is -8.64. The normalized spacial score (nSPS) is 12.9. The van der Waals surface area contributed by atoms with Crippen molar-refractivity contribution < 1.29 is 43.9 Å². The molecule has 8 rings (SSSR count). The number of aliphatic hydroxyl groups excluding tert-OH is 2. The SMILES string of the molecule is Cc1ccc(S(=O)(=O)Nc2ccccc2C=NCC(O)CN=Cc2ccccc2NS(=O)(=O)c2ccc(C)cc2)cc1.Cc1ccc(S(=O)(=O)Nc2ccccc2C=NCC(O)CN=Cc2ccccc2NS(=O)(=O)c2ccc(C)cc2)cc1. The van der Waals surface area contributed by atoms with Gasteiger partial charge >= 0.3 is 0 Å². The Balaban J connectivity index is 0.000000241. The van der Waals surface area contributed by atoms with Crippen LogP contribution in [0.3, 0.4) is 0 Å². The number of para-hydroxylation sites is 4.